The van der Waals surface area contributed by atoms with Crippen molar-refractivity contribution >= 4 is 23.4 Å². The quantitative estimate of drug-likeness (QED) is 0.662. The molecule has 1 aliphatic heterocycles. The lowest BCUT2D eigenvalue weighted by atomic mass is 9.85. The Balaban J connectivity index is 1.50. The van der Waals surface area contributed by atoms with E-state index < -0.39 is 0 Å². The first kappa shape index (κ1) is 17.4. The predicted octanol–water partition coefficient (Wildman–Crippen LogP) is 2.97. The van der Waals surface area contributed by atoms with Crippen LogP contribution in [-0.4, -0.2) is 29.2 Å². The number of hydrogen-bond donors (Lipinski definition) is 1. The smallest absolute Gasteiger partial charge is 0.233 e. The van der Waals surface area contributed by atoms with Crippen molar-refractivity contribution in [2.45, 2.75) is 39.5 Å². The lowest BCUT2D eigenvalue weighted by molar-refractivity contribution is -0.140. The van der Waals surface area contributed by atoms with Gasteiger partial charge in [-0.3, -0.25) is 19.3 Å². The summed E-state index contributed by atoms with van der Waals surface area (Å²) in [6, 6.07) is 5.90. The number of likely N-dealkylation sites (tertiary alicyclic amines) is 1. The molecule has 2 aliphatic rings. The summed E-state index contributed by atoms with van der Waals surface area (Å²) in [5, 5.41) is 2.88. The minimum atomic E-state index is -0.193. The van der Waals surface area contributed by atoms with Crippen molar-refractivity contribution in [3.63, 3.8) is 0 Å². The van der Waals surface area contributed by atoms with E-state index in [1.807, 2.05) is 38.1 Å². The molecule has 1 heterocycles. The average Bonchev–Trinajstić information content (AvgIpc) is 2.79. The summed E-state index contributed by atoms with van der Waals surface area (Å²) in [6.07, 6.45) is 6.04. The minimum Gasteiger partial charge on any atom is -0.326 e. The zero-order chi connectivity index (χ0) is 18.0. The van der Waals surface area contributed by atoms with Crippen molar-refractivity contribution in [2.75, 3.05) is 11.9 Å². The molecular formula is C20H24N2O3. The molecule has 0 bridgehead atoms. The highest BCUT2D eigenvalue weighted by atomic mass is 16.2. The number of aryl methyl sites for hydroxylation is 2. The van der Waals surface area contributed by atoms with E-state index in [0.29, 0.717) is 25.8 Å². The van der Waals surface area contributed by atoms with Gasteiger partial charge in [0.2, 0.25) is 17.7 Å². The monoisotopic (exact) mass is 340 g/mol. The van der Waals surface area contributed by atoms with Gasteiger partial charge in [0.05, 0.1) is 11.8 Å². The van der Waals surface area contributed by atoms with Crippen LogP contribution in [0.15, 0.2) is 30.4 Å². The fourth-order valence-corrected chi connectivity index (χ4v) is 3.76. The van der Waals surface area contributed by atoms with Crippen LogP contribution in [0.2, 0.25) is 0 Å². The largest absolute Gasteiger partial charge is 0.326 e. The molecule has 1 fully saturated rings. The maximum Gasteiger partial charge on any atom is 0.233 e. The van der Waals surface area contributed by atoms with Crippen molar-refractivity contribution in [1.29, 1.82) is 0 Å². The van der Waals surface area contributed by atoms with Crippen LogP contribution in [0.3, 0.4) is 0 Å². The van der Waals surface area contributed by atoms with E-state index in [9.17, 15) is 14.4 Å². The number of fused-ring (bicyclic) bond motifs is 1. The number of allylic oxidation sites excluding steroid dienone is 2. The second-order valence-electron chi connectivity index (χ2n) is 7.01. The SMILES string of the molecule is Cc1cc(C)cc(NC(=O)CCCN2C(=O)[C@H]3CC=CC[C@@H]3C2=O)c1. The number of hydrogen-bond acceptors (Lipinski definition) is 3. The Kier molecular flexibility index (Phi) is 5.02. The van der Waals surface area contributed by atoms with E-state index in [2.05, 4.69) is 11.4 Å². The molecule has 3 rings (SSSR count). The van der Waals surface area contributed by atoms with Crippen LogP contribution < -0.4 is 5.32 Å². The van der Waals surface area contributed by atoms with Gasteiger partial charge in [0.25, 0.3) is 0 Å². The van der Waals surface area contributed by atoms with Gasteiger partial charge in [0.15, 0.2) is 0 Å². The molecule has 1 N–H and O–H groups in total. The molecule has 0 unspecified atom stereocenters. The van der Waals surface area contributed by atoms with Gasteiger partial charge in [-0.2, -0.15) is 0 Å². The second-order valence-corrected chi connectivity index (χ2v) is 7.01. The Hall–Kier alpha value is -2.43. The highest BCUT2D eigenvalue weighted by molar-refractivity contribution is 6.05. The van der Waals surface area contributed by atoms with Gasteiger partial charge < -0.3 is 5.32 Å². The molecule has 3 amide bonds. The first-order valence-corrected chi connectivity index (χ1v) is 8.84. The Morgan fingerprint density at radius 3 is 2.16 bits per heavy atom. The molecule has 5 nitrogen and oxygen atoms in total. The fourth-order valence-electron chi connectivity index (χ4n) is 3.76. The molecule has 1 aromatic carbocycles. The Bertz CT molecular complexity index is 692. The Morgan fingerprint density at radius 1 is 1.04 bits per heavy atom. The van der Waals surface area contributed by atoms with Crippen LogP contribution in [0.25, 0.3) is 0 Å². The van der Waals surface area contributed by atoms with Gasteiger partial charge >= 0.3 is 0 Å². The number of amides is 3. The number of carbonyl (C=O) groups excluding carboxylic acids is 3. The van der Waals surface area contributed by atoms with Crippen LogP contribution in [0.1, 0.15) is 36.8 Å². The molecule has 1 aliphatic carbocycles. The molecule has 0 radical (unpaired) electrons. The summed E-state index contributed by atoms with van der Waals surface area (Å²) in [6.45, 7) is 4.30. The summed E-state index contributed by atoms with van der Waals surface area (Å²) in [5.41, 5.74) is 2.98. The van der Waals surface area contributed by atoms with Gasteiger partial charge in [0, 0.05) is 18.7 Å². The summed E-state index contributed by atoms with van der Waals surface area (Å²) >= 11 is 0. The number of benzene rings is 1. The number of rotatable bonds is 5. The average molecular weight is 340 g/mol. The third kappa shape index (κ3) is 3.81. The van der Waals surface area contributed by atoms with E-state index in [0.717, 1.165) is 16.8 Å². The number of anilines is 1. The number of imide groups is 1. The molecule has 132 valence electrons. The van der Waals surface area contributed by atoms with Crippen molar-refractivity contribution in [3.05, 3.63) is 41.5 Å². The predicted molar refractivity (Wildman–Crippen MR) is 95.9 cm³/mol. The molecular weight excluding hydrogens is 316 g/mol. The first-order valence-electron chi connectivity index (χ1n) is 8.84. The number of nitrogens with one attached hydrogen (secondary N) is 1. The topological polar surface area (TPSA) is 66.5 Å². The molecule has 2 atom stereocenters. The van der Waals surface area contributed by atoms with E-state index in [-0.39, 0.29) is 36.0 Å². The highest BCUT2D eigenvalue weighted by Gasteiger charge is 2.46. The van der Waals surface area contributed by atoms with E-state index in [4.69, 9.17) is 0 Å². The molecule has 25 heavy (non-hydrogen) atoms. The van der Waals surface area contributed by atoms with Gasteiger partial charge in [0.1, 0.15) is 0 Å². The van der Waals surface area contributed by atoms with Crippen molar-refractivity contribution in [1.82, 2.24) is 4.90 Å². The minimum absolute atomic E-state index is 0.0749. The maximum absolute atomic E-state index is 12.4. The molecule has 1 aromatic rings. The zero-order valence-electron chi connectivity index (χ0n) is 14.7. The highest BCUT2D eigenvalue weighted by Crippen LogP contribution is 2.35. The second kappa shape index (κ2) is 7.21. The van der Waals surface area contributed by atoms with Crippen LogP contribution in [0.5, 0.6) is 0 Å². The van der Waals surface area contributed by atoms with Crippen molar-refractivity contribution in [2.24, 2.45) is 11.8 Å². The van der Waals surface area contributed by atoms with Crippen molar-refractivity contribution < 1.29 is 14.4 Å². The molecule has 1 saturated heterocycles. The fraction of sp³-hybridized carbons (Fsp3) is 0.450. The van der Waals surface area contributed by atoms with Crippen molar-refractivity contribution in [3.8, 4) is 0 Å². The molecule has 0 aromatic heterocycles. The summed E-state index contributed by atoms with van der Waals surface area (Å²) in [4.78, 5) is 38.2. The van der Waals surface area contributed by atoms with Gasteiger partial charge in [-0.15, -0.1) is 0 Å². The third-order valence-corrected chi connectivity index (χ3v) is 4.89. The lowest BCUT2D eigenvalue weighted by Gasteiger charge is -2.14. The van der Waals surface area contributed by atoms with Crippen LogP contribution in [0.4, 0.5) is 5.69 Å². The zero-order valence-corrected chi connectivity index (χ0v) is 14.7. The van der Waals surface area contributed by atoms with Crippen LogP contribution >= 0.6 is 0 Å². The molecule has 0 saturated carbocycles. The normalized spacial score (nSPS) is 22.2. The van der Waals surface area contributed by atoms with E-state index >= 15 is 0 Å². The Morgan fingerprint density at radius 2 is 1.60 bits per heavy atom. The Labute approximate surface area is 148 Å². The standard InChI is InChI=1S/C20H24N2O3/c1-13-10-14(2)12-15(11-13)21-18(23)8-5-9-22-19(24)16-6-3-4-7-17(16)20(22)25/h3-4,10-12,16-17H,5-9H2,1-2H3,(H,21,23)/t16-,17-/m0/s1. The van der Waals surface area contributed by atoms with E-state index in [1.54, 1.807) is 0 Å². The maximum atomic E-state index is 12.4. The lowest BCUT2D eigenvalue weighted by Crippen LogP contribution is -2.32. The summed E-state index contributed by atoms with van der Waals surface area (Å²) in [5.74, 6) is -0.630. The first-order chi connectivity index (χ1) is 12.0. The van der Waals surface area contributed by atoms with Gasteiger partial charge in [-0.25, -0.2) is 0 Å². The number of nitrogens with zero attached hydrogens (tertiary/aromatic N) is 1. The number of carbonyl (C=O) groups is 3. The summed E-state index contributed by atoms with van der Waals surface area (Å²) < 4.78 is 0. The van der Waals surface area contributed by atoms with Crippen LogP contribution in [-0.2, 0) is 14.4 Å². The van der Waals surface area contributed by atoms with Gasteiger partial charge in [-0.05, 0) is 56.4 Å². The molecule has 0 spiro atoms. The van der Waals surface area contributed by atoms with E-state index in [1.165, 1.54) is 4.90 Å². The van der Waals surface area contributed by atoms with Gasteiger partial charge in [-0.1, -0.05) is 18.2 Å². The van der Waals surface area contributed by atoms with Crippen LogP contribution in [0, 0.1) is 25.7 Å². The molecule has 5 heteroatoms. The third-order valence-electron chi connectivity index (χ3n) is 4.89. The summed E-state index contributed by atoms with van der Waals surface area (Å²) in [7, 11) is 0.